The zero-order valence-corrected chi connectivity index (χ0v) is 18.1. The van der Waals surface area contributed by atoms with Crippen molar-refractivity contribution in [3.63, 3.8) is 0 Å². The molecule has 25 heavy (non-hydrogen) atoms. The number of aliphatic imine (C=N–C) groups is 1. The lowest BCUT2D eigenvalue weighted by molar-refractivity contribution is 0.573. The van der Waals surface area contributed by atoms with Gasteiger partial charge in [-0.2, -0.15) is 0 Å². The summed E-state index contributed by atoms with van der Waals surface area (Å²) in [6, 6.07) is 4.28. The Labute approximate surface area is 170 Å². The van der Waals surface area contributed by atoms with E-state index < -0.39 is 0 Å². The maximum Gasteiger partial charge on any atom is 0.191 e. The van der Waals surface area contributed by atoms with Crippen LogP contribution in [0.5, 0.6) is 0 Å². The highest BCUT2D eigenvalue weighted by atomic mass is 127. The molecule has 0 amide bonds. The minimum Gasteiger partial charge on any atom is -0.357 e. The third-order valence-electron chi connectivity index (χ3n) is 4.50. The van der Waals surface area contributed by atoms with Gasteiger partial charge in [0.2, 0.25) is 0 Å². The normalized spacial score (nSPS) is 14.8. The van der Waals surface area contributed by atoms with Gasteiger partial charge in [-0.15, -0.1) is 24.0 Å². The average Bonchev–Trinajstić information content (AvgIpc) is 2.65. The van der Waals surface area contributed by atoms with Gasteiger partial charge in [-0.3, -0.25) is 4.99 Å². The second kappa shape index (κ2) is 13.2. The fourth-order valence-electron chi connectivity index (χ4n) is 3.03. The van der Waals surface area contributed by atoms with Crippen molar-refractivity contribution >= 4 is 35.8 Å². The van der Waals surface area contributed by atoms with E-state index in [1.165, 1.54) is 50.5 Å². The number of nitrogens with one attached hydrogen (secondary N) is 2. The molecule has 1 aliphatic heterocycles. The summed E-state index contributed by atoms with van der Waals surface area (Å²) in [5.41, 5.74) is 1.25. The summed E-state index contributed by atoms with van der Waals surface area (Å²) >= 11 is 0. The second-order valence-corrected chi connectivity index (χ2v) is 6.48. The van der Waals surface area contributed by atoms with E-state index in [1.807, 2.05) is 13.2 Å². The SMILES string of the molecule is CCCCCCNC(=NC)NCc1ccnc(N2CCCCC2)c1.I. The van der Waals surface area contributed by atoms with Crippen molar-refractivity contribution in [3.05, 3.63) is 23.9 Å². The molecular weight excluding hydrogens is 425 g/mol. The highest BCUT2D eigenvalue weighted by molar-refractivity contribution is 14.0. The van der Waals surface area contributed by atoms with Crippen molar-refractivity contribution in [2.45, 2.75) is 58.4 Å². The Hall–Kier alpha value is -1.05. The summed E-state index contributed by atoms with van der Waals surface area (Å²) in [6.07, 6.45) is 10.9. The number of nitrogens with zero attached hydrogens (tertiary/aromatic N) is 3. The fraction of sp³-hybridized carbons (Fsp3) is 0.684. The first-order valence-electron chi connectivity index (χ1n) is 9.48. The standard InChI is InChI=1S/C19H33N5.HI/c1-3-4-5-7-11-22-19(20-2)23-16-17-10-12-21-18(15-17)24-13-8-6-9-14-24;/h10,12,15H,3-9,11,13-14,16H2,1-2H3,(H2,20,22,23);1H. The minimum absolute atomic E-state index is 0. The van der Waals surface area contributed by atoms with Crippen LogP contribution in [0, 0.1) is 0 Å². The quantitative estimate of drug-likeness (QED) is 0.268. The number of halogens is 1. The third-order valence-corrected chi connectivity index (χ3v) is 4.50. The van der Waals surface area contributed by atoms with Gasteiger partial charge in [-0.1, -0.05) is 26.2 Å². The van der Waals surface area contributed by atoms with Crippen molar-refractivity contribution < 1.29 is 0 Å². The molecule has 0 radical (unpaired) electrons. The second-order valence-electron chi connectivity index (χ2n) is 6.48. The molecule has 6 heteroatoms. The fourth-order valence-corrected chi connectivity index (χ4v) is 3.03. The van der Waals surface area contributed by atoms with Gasteiger partial charge in [0.25, 0.3) is 0 Å². The summed E-state index contributed by atoms with van der Waals surface area (Å²) in [7, 11) is 1.83. The molecule has 2 N–H and O–H groups in total. The van der Waals surface area contributed by atoms with Crippen molar-refractivity contribution in [1.82, 2.24) is 15.6 Å². The minimum atomic E-state index is 0. The Morgan fingerprint density at radius 2 is 1.96 bits per heavy atom. The zero-order chi connectivity index (χ0) is 17.0. The van der Waals surface area contributed by atoms with E-state index in [0.29, 0.717) is 0 Å². The number of hydrogen-bond donors (Lipinski definition) is 2. The van der Waals surface area contributed by atoms with Crippen LogP contribution in [0.1, 0.15) is 57.4 Å². The lowest BCUT2D eigenvalue weighted by Crippen LogP contribution is -2.37. The molecule has 2 heterocycles. The molecular formula is C19H34IN5. The molecule has 0 atom stereocenters. The van der Waals surface area contributed by atoms with Crippen LogP contribution in [0.2, 0.25) is 0 Å². The Morgan fingerprint density at radius 3 is 2.68 bits per heavy atom. The highest BCUT2D eigenvalue weighted by Crippen LogP contribution is 2.18. The van der Waals surface area contributed by atoms with Crippen LogP contribution < -0.4 is 15.5 Å². The number of unbranched alkanes of at least 4 members (excludes halogenated alkanes) is 3. The van der Waals surface area contributed by atoms with Gasteiger partial charge in [0, 0.05) is 39.4 Å². The first kappa shape index (κ1) is 22.0. The van der Waals surface area contributed by atoms with Crippen molar-refractivity contribution in [1.29, 1.82) is 0 Å². The number of anilines is 1. The van der Waals surface area contributed by atoms with Gasteiger partial charge in [0.05, 0.1) is 0 Å². The molecule has 0 spiro atoms. The van der Waals surface area contributed by atoms with E-state index in [4.69, 9.17) is 0 Å². The van der Waals surface area contributed by atoms with Crippen molar-refractivity contribution in [2.75, 3.05) is 31.6 Å². The number of rotatable bonds is 8. The van der Waals surface area contributed by atoms with Gasteiger partial charge in [0.1, 0.15) is 5.82 Å². The largest absolute Gasteiger partial charge is 0.357 e. The number of piperidine rings is 1. The van der Waals surface area contributed by atoms with Crippen LogP contribution in [0.15, 0.2) is 23.3 Å². The molecule has 142 valence electrons. The molecule has 0 unspecified atom stereocenters. The molecule has 0 aliphatic carbocycles. The molecule has 1 saturated heterocycles. The maximum absolute atomic E-state index is 4.54. The summed E-state index contributed by atoms with van der Waals surface area (Å²) in [4.78, 5) is 11.2. The molecule has 0 bridgehead atoms. The van der Waals surface area contributed by atoms with Crippen LogP contribution in [-0.2, 0) is 6.54 Å². The van der Waals surface area contributed by atoms with Crippen LogP contribution >= 0.6 is 24.0 Å². The predicted molar refractivity (Wildman–Crippen MR) is 118 cm³/mol. The molecule has 1 aromatic rings. The molecule has 0 saturated carbocycles. The van der Waals surface area contributed by atoms with Gasteiger partial charge in [-0.25, -0.2) is 4.98 Å². The number of pyridine rings is 1. The van der Waals surface area contributed by atoms with Gasteiger partial charge in [-0.05, 0) is 43.4 Å². The molecule has 2 rings (SSSR count). The summed E-state index contributed by atoms with van der Waals surface area (Å²) in [5, 5.41) is 6.79. The van der Waals surface area contributed by atoms with Gasteiger partial charge >= 0.3 is 0 Å². The topological polar surface area (TPSA) is 52.6 Å². The molecule has 1 fully saturated rings. The van der Waals surface area contributed by atoms with E-state index >= 15 is 0 Å². The van der Waals surface area contributed by atoms with Crippen LogP contribution in [0.4, 0.5) is 5.82 Å². The first-order valence-corrected chi connectivity index (χ1v) is 9.48. The van der Waals surface area contributed by atoms with Crippen molar-refractivity contribution in [2.24, 2.45) is 4.99 Å². The number of hydrogen-bond acceptors (Lipinski definition) is 3. The van der Waals surface area contributed by atoms with E-state index in [1.54, 1.807) is 0 Å². The summed E-state index contributed by atoms with van der Waals surface area (Å²) < 4.78 is 0. The highest BCUT2D eigenvalue weighted by Gasteiger charge is 2.12. The van der Waals surface area contributed by atoms with E-state index in [-0.39, 0.29) is 24.0 Å². The van der Waals surface area contributed by atoms with Crippen molar-refractivity contribution in [3.8, 4) is 0 Å². The van der Waals surface area contributed by atoms with E-state index in [2.05, 4.69) is 44.6 Å². The molecule has 5 nitrogen and oxygen atoms in total. The Balaban J connectivity index is 0.00000312. The van der Waals surface area contributed by atoms with E-state index in [9.17, 15) is 0 Å². The maximum atomic E-state index is 4.54. The van der Waals surface area contributed by atoms with E-state index in [0.717, 1.165) is 38.0 Å². The monoisotopic (exact) mass is 459 g/mol. The lowest BCUT2D eigenvalue weighted by Gasteiger charge is -2.28. The molecule has 1 aliphatic rings. The average molecular weight is 459 g/mol. The lowest BCUT2D eigenvalue weighted by atomic mass is 10.1. The predicted octanol–water partition coefficient (Wildman–Crippen LogP) is 3.94. The summed E-state index contributed by atoms with van der Waals surface area (Å²) in [5.74, 6) is 1.99. The zero-order valence-electron chi connectivity index (χ0n) is 15.8. The Bertz CT molecular complexity index is 500. The first-order chi connectivity index (χ1) is 11.8. The third kappa shape index (κ3) is 8.25. The van der Waals surface area contributed by atoms with Crippen LogP contribution in [0.3, 0.4) is 0 Å². The summed E-state index contributed by atoms with van der Waals surface area (Å²) in [6.45, 7) is 6.25. The molecule has 1 aromatic heterocycles. The Morgan fingerprint density at radius 1 is 1.16 bits per heavy atom. The van der Waals surface area contributed by atoms with Gasteiger partial charge in [0.15, 0.2) is 5.96 Å². The van der Waals surface area contributed by atoms with Gasteiger partial charge < -0.3 is 15.5 Å². The van der Waals surface area contributed by atoms with Crippen LogP contribution in [-0.4, -0.2) is 37.6 Å². The number of aromatic nitrogens is 1. The van der Waals surface area contributed by atoms with Crippen LogP contribution in [0.25, 0.3) is 0 Å². The number of guanidine groups is 1. The molecule has 0 aromatic carbocycles. The smallest absolute Gasteiger partial charge is 0.191 e. The Kier molecular flexibility index (Phi) is 11.6.